The van der Waals surface area contributed by atoms with E-state index >= 15 is 0 Å². The second kappa shape index (κ2) is 3.54. The van der Waals surface area contributed by atoms with Crippen LogP contribution in [0.25, 0.3) is 0 Å². The number of rotatable bonds is 1. The first kappa shape index (κ1) is 7.55. The van der Waals surface area contributed by atoms with E-state index in [1.165, 1.54) is 12.7 Å². The van der Waals surface area contributed by atoms with Gasteiger partial charge in [0.2, 0.25) is 0 Å². The lowest BCUT2D eigenvalue weighted by atomic mass is 10.5. The van der Waals surface area contributed by atoms with Gasteiger partial charge in [0.05, 0.1) is 6.32 Å². The molecule has 1 unspecified atom stereocenters. The molecule has 0 aliphatic heterocycles. The van der Waals surface area contributed by atoms with E-state index in [9.17, 15) is 4.79 Å². The van der Waals surface area contributed by atoms with Crippen LogP contribution in [0.4, 0.5) is 0 Å². The van der Waals surface area contributed by atoms with Crippen molar-refractivity contribution >= 4 is 29.7 Å². The summed E-state index contributed by atoms with van der Waals surface area (Å²) < 4.78 is 0. The zero-order chi connectivity index (χ0) is 6.57. The van der Waals surface area contributed by atoms with Gasteiger partial charge in [0.15, 0.2) is 5.78 Å². The summed E-state index contributed by atoms with van der Waals surface area (Å²) >= 11 is 4.54. The van der Waals surface area contributed by atoms with Gasteiger partial charge in [-0.3, -0.25) is 4.79 Å². The maximum Gasteiger partial charge on any atom is 0.158 e. The molecule has 0 heterocycles. The topological polar surface area (TPSA) is 40.9 Å². The summed E-state index contributed by atoms with van der Waals surface area (Å²) in [4.78, 5) is 10.2. The Kier molecular flexibility index (Phi) is 3.34. The SMILES string of the molecule is CC(=O)C=P(=S)C#N. The molecule has 0 bridgehead atoms. The fraction of sp³-hybridized carbons (Fsp3) is 0.250. The standard InChI is InChI=1S/C4H4NOPS/c1-4(6)2-7(8)3-5/h2H,1H3. The molecule has 0 N–H and O–H groups in total. The lowest BCUT2D eigenvalue weighted by Crippen LogP contribution is -1.85. The van der Waals surface area contributed by atoms with Crippen molar-refractivity contribution in [2.24, 2.45) is 0 Å². The van der Waals surface area contributed by atoms with Crippen molar-refractivity contribution in [3.63, 3.8) is 0 Å². The molecule has 0 aliphatic carbocycles. The van der Waals surface area contributed by atoms with Crippen molar-refractivity contribution in [1.29, 1.82) is 5.26 Å². The van der Waals surface area contributed by atoms with Gasteiger partial charge >= 0.3 is 0 Å². The molecule has 0 spiro atoms. The molecule has 42 valence electrons. The Balaban J connectivity index is 4.25. The highest BCUT2D eigenvalue weighted by atomic mass is 32.4. The third-order valence-electron chi connectivity index (χ3n) is 0.398. The van der Waals surface area contributed by atoms with Gasteiger partial charge in [-0.25, -0.2) is 0 Å². The Morgan fingerprint density at radius 3 is 2.62 bits per heavy atom. The second-order valence-corrected chi connectivity index (χ2v) is 3.46. The average molecular weight is 145 g/mol. The van der Waals surface area contributed by atoms with E-state index in [1.807, 2.05) is 0 Å². The molecule has 2 nitrogen and oxygen atoms in total. The van der Waals surface area contributed by atoms with Crippen LogP contribution in [0.5, 0.6) is 0 Å². The third-order valence-corrected chi connectivity index (χ3v) is 1.75. The van der Waals surface area contributed by atoms with Crippen molar-refractivity contribution in [3.05, 3.63) is 0 Å². The van der Waals surface area contributed by atoms with E-state index in [4.69, 9.17) is 5.26 Å². The maximum absolute atomic E-state index is 10.2. The number of hydrogen-bond acceptors (Lipinski definition) is 3. The molecule has 0 aliphatic rings. The van der Waals surface area contributed by atoms with Crippen LogP contribution in [-0.2, 0) is 16.6 Å². The van der Waals surface area contributed by atoms with Crippen molar-refractivity contribution in [1.82, 2.24) is 0 Å². The van der Waals surface area contributed by atoms with Crippen LogP contribution in [0.3, 0.4) is 0 Å². The van der Waals surface area contributed by atoms with E-state index in [0.717, 1.165) is 0 Å². The number of Topliss-reactive ketones (excluding diaryl/α,β-unsaturated/α-hetero) is 1. The van der Waals surface area contributed by atoms with Gasteiger partial charge in [-0.05, 0) is 18.7 Å². The summed E-state index contributed by atoms with van der Waals surface area (Å²) in [5, 5.41) is 8.07. The molecular weight excluding hydrogens is 141 g/mol. The van der Waals surface area contributed by atoms with Crippen molar-refractivity contribution < 1.29 is 4.79 Å². The van der Waals surface area contributed by atoms with Crippen LogP contribution in [0.2, 0.25) is 0 Å². The van der Waals surface area contributed by atoms with Crippen molar-refractivity contribution in [2.45, 2.75) is 6.92 Å². The number of nitriles is 1. The molecule has 0 radical (unpaired) electrons. The monoisotopic (exact) mass is 145 g/mol. The predicted molar refractivity (Wildman–Crippen MR) is 36.6 cm³/mol. The molecule has 0 amide bonds. The van der Waals surface area contributed by atoms with Crippen molar-refractivity contribution in [3.8, 4) is 5.81 Å². The Bertz CT molecular complexity index is 209. The second-order valence-electron chi connectivity index (χ2n) is 1.17. The zero-order valence-corrected chi connectivity index (χ0v) is 6.00. The largest absolute Gasteiger partial charge is 0.295 e. The number of carbonyl (C=O) groups is 1. The number of hydrogen-bond donors (Lipinski definition) is 0. The Labute approximate surface area is 53.2 Å². The molecule has 4 heteroatoms. The Hall–Kier alpha value is -0.450. The van der Waals surface area contributed by atoms with Crippen LogP contribution in [0.15, 0.2) is 0 Å². The summed E-state index contributed by atoms with van der Waals surface area (Å²) in [5.41, 5.74) is 0. The van der Waals surface area contributed by atoms with Crippen LogP contribution >= 0.6 is 6.32 Å². The highest BCUT2D eigenvalue weighted by Crippen LogP contribution is 1.98. The lowest BCUT2D eigenvalue weighted by molar-refractivity contribution is -0.110. The lowest BCUT2D eigenvalue weighted by Gasteiger charge is -1.69. The molecule has 1 atom stereocenters. The van der Waals surface area contributed by atoms with Crippen molar-refractivity contribution in [2.75, 3.05) is 0 Å². The van der Waals surface area contributed by atoms with E-state index in [0.29, 0.717) is 0 Å². The van der Waals surface area contributed by atoms with Gasteiger partial charge < -0.3 is 0 Å². The highest BCUT2D eigenvalue weighted by Gasteiger charge is 1.81. The van der Waals surface area contributed by atoms with Crippen LogP contribution in [-0.4, -0.2) is 11.6 Å². The van der Waals surface area contributed by atoms with Gasteiger partial charge in [0, 0.05) is 5.80 Å². The molecule has 0 saturated carbocycles. The van der Waals surface area contributed by atoms with Crippen LogP contribution in [0.1, 0.15) is 6.92 Å². The fourth-order valence-electron chi connectivity index (χ4n) is 0.194. The van der Waals surface area contributed by atoms with Gasteiger partial charge in [0.25, 0.3) is 0 Å². The number of ketones is 1. The zero-order valence-electron chi connectivity index (χ0n) is 4.29. The van der Waals surface area contributed by atoms with E-state index in [-0.39, 0.29) is 5.78 Å². The van der Waals surface area contributed by atoms with E-state index in [1.54, 1.807) is 5.81 Å². The van der Waals surface area contributed by atoms with Crippen LogP contribution < -0.4 is 0 Å². The molecule has 0 saturated heterocycles. The number of nitrogens with zero attached hydrogens (tertiary/aromatic N) is 1. The average Bonchev–Trinajstić information content (AvgIpc) is 1.65. The summed E-state index contributed by atoms with van der Waals surface area (Å²) in [6.45, 7) is 1.39. The van der Waals surface area contributed by atoms with Gasteiger partial charge in [0.1, 0.15) is 5.81 Å². The first-order valence-corrected chi connectivity index (χ1v) is 4.30. The smallest absolute Gasteiger partial charge is 0.158 e. The Morgan fingerprint density at radius 2 is 2.50 bits per heavy atom. The third kappa shape index (κ3) is 3.73. The molecule has 0 rings (SSSR count). The Morgan fingerprint density at radius 1 is 2.00 bits per heavy atom. The highest BCUT2D eigenvalue weighted by molar-refractivity contribution is 8.06. The first-order chi connectivity index (χ1) is 3.66. The quantitative estimate of drug-likeness (QED) is 0.512. The molecular formula is C4H4NOPS. The molecule has 0 fully saturated rings. The van der Waals surface area contributed by atoms with Gasteiger partial charge in [-0.15, -0.1) is 0 Å². The fourth-order valence-corrected chi connectivity index (χ4v) is 1.03. The molecule has 0 aromatic carbocycles. The van der Waals surface area contributed by atoms with E-state index < -0.39 is 6.32 Å². The van der Waals surface area contributed by atoms with E-state index in [2.05, 4.69) is 11.8 Å². The van der Waals surface area contributed by atoms with Crippen LogP contribution in [0, 0.1) is 11.1 Å². The first-order valence-electron chi connectivity index (χ1n) is 1.88. The minimum atomic E-state index is -1.20. The minimum Gasteiger partial charge on any atom is -0.295 e. The molecule has 8 heavy (non-hydrogen) atoms. The summed E-state index contributed by atoms with van der Waals surface area (Å²) in [7, 11) is 0. The van der Waals surface area contributed by atoms with Gasteiger partial charge in [-0.2, -0.15) is 5.26 Å². The molecule has 0 aromatic rings. The summed E-state index contributed by atoms with van der Waals surface area (Å²) in [6, 6.07) is 0. The minimum absolute atomic E-state index is 0.118. The summed E-state index contributed by atoms with van der Waals surface area (Å²) in [5.74, 6) is 2.95. The number of carbonyl (C=O) groups excluding carboxylic acids is 1. The normalized spacial score (nSPS) is 10.2. The predicted octanol–water partition coefficient (Wildman–Crippen LogP) is 0.802. The maximum atomic E-state index is 10.2. The molecule has 0 aromatic heterocycles. The summed E-state index contributed by atoms with van der Waals surface area (Å²) in [6.07, 6.45) is -1.20. The van der Waals surface area contributed by atoms with Gasteiger partial charge in [-0.1, -0.05) is 0 Å².